The molecule has 2 aromatic rings. The smallest absolute Gasteiger partial charge is 0.222 e. The Bertz CT molecular complexity index is 614. The Hall–Kier alpha value is -0.977. The number of hydrogen-bond acceptors (Lipinski definition) is 4. The third kappa shape index (κ3) is 4.76. The van der Waals surface area contributed by atoms with Crippen LogP contribution >= 0.6 is 23.2 Å². The summed E-state index contributed by atoms with van der Waals surface area (Å²) in [6.45, 7) is 1.97. The monoisotopic (exact) mass is 382 g/mol. The molecule has 1 aromatic heterocycles. The summed E-state index contributed by atoms with van der Waals surface area (Å²) < 4.78 is 0. The summed E-state index contributed by atoms with van der Waals surface area (Å²) in [5.41, 5.74) is 13.9. The molecule has 112 valence electrons. The molecule has 0 unspecified atom stereocenters. The van der Waals surface area contributed by atoms with E-state index in [0.29, 0.717) is 22.3 Å². The van der Waals surface area contributed by atoms with Gasteiger partial charge in [0.05, 0.1) is 15.7 Å². The van der Waals surface area contributed by atoms with E-state index in [-0.39, 0.29) is 36.4 Å². The number of aromatic nitrogens is 2. The van der Waals surface area contributed by atoms with Crippen molar-refractivity contribution in [3.8, 4) is 11.1 Å². The van der Waals surface area contributed by atoms with Crippen molar-refractivity contribution in [3.05, 3.63) is 33.9 Å². The maximum atomic E-state index is 6.00. The van der Waals surface area contributed by atoms with Crippen LogP contribution in [0.4, 0.5) is 11.8 Å². The number of nitrogens with zero attached hydrogens (tertiary/aromatic N) is 2. The molecule has 21 heavy (non-hydrogen) atoms. The summed E-state index contributed by atoms with van der Waals surface area (Å²) in [4.78, 5) is 8.17. The molecule has 8 N–H and O–H groups in total. The summed E-state index contributed by atoms with van der Waals surface area (Å²) >= 11 is 11.9. The first-order valence-electron chi connectivity index (χ1n) is 5.40. The second-order valence-electron chi connectivity index (χ2n) is 3.77. The van der Waals surface area contributed by atoms with E-state index in [1.165, 1.54) is 0 Å². The predicted octanol–water partition coefficient (Wildman–Crippen LogP) is 1.53. The third-order valence-electron chi connectivity index (χ3n) is 2.57. The van der Waals surface area contributed by atoms with Gasteiger partial charge in [-0.1, -0.05) is 36.2 Å². The van der Waals surface area contributed by atoms with Gasteiger partial charge in [-0.15, -0.1) is 0 Å². The molecule has 0 atom stereocenters. The molecule has 0 saturated heterocycles. The Morgan fingerprint density at radius 3 is 2.19 bits per heavy atom. The molecule has 0 aliphatic heterocycles. The standard InChI is InChI=1S/C12H12Cl2N4.2H2O.Zn/c1-2-9-10(11(15)18-12(16)17-9)6-3-4-7(13)8(14)5-6;;;/h3-5H,2H2,1H3,(H4,15,16,17,18);2*1H2;. The van der Waals surface area contributed by atoms with Crippen molar-refractivity contribution in [2.24, 2.45) is 0 Å². The third-order valence-corrected chi connectivity index (χ3v) is 3.31. The van der Waals surface area contributed by atoms with Crippen molar-refractivity contribution >= 4 is 35.0 Å². The van der Waals surface area contributed by atoms with E-state index in [2.05, 4.69) is 9.97 Å². The van der Waals surface area contributed by atoms with Gasteiger partial charge in [-0.2, -0.15) is 4.98 Å². The quantitative estimate of drug-likeness (QED) is 0.757. The van der Waals surface area contributed by atoms with Gasteiger partial charge in [0.2, 0.25) is 5.95 Å². The fourth-order valence-electron chi connectivity index (χ4n) is 1.77. The molecule has 1 aromatic carbocycles. The SMILES string of the molecule is CCc1nc(N)nc(N)c1-c1ccc(Cl)c(Cl)c1.O.O.[Zn]. The minimum Gasteiger partial charge on any atom is -0.412 e. The molecule has 0 aliphatic rings. The zero-order chi connectivity index (χ0) is 13.3. The van der Waals surface area contributed by atoms with Crippen molar-refractivity contribution in [1.29, 1.82) is 0 Å². The van der Waals surface area contributed by atoms with Crippen LogP contribution < -0.4 is 11.5 Å². The minimum absolute atomic E-state index is 0. The van der Waals surface area contributed by atoms with Gasteiger partial charge < -0.3 is 22.4 Å². The normalized spacial score (nSPS) is 9.10. The van der Waals surface area contributed by atoms with E-state index in [4.69, 9.17) is 34.7 Å². The number of nitrogen functional groups attached to an aromatic ring is 2. The van der Waals surface area contributed by atoms with Gasteiger partial charge in [0, 0.05) is 25.0 Å². The zero-order valence-corrected chi connectivity index (χ0v) is 15.9. The second-order valence-corrected chi connectivity index (χ2v) is 4.59. The van der Waals surface area contributed by atoms with Crippen molar-refractivity contribution in [2.45, 2.75) is 13.3 Å². The first-order valence-corrected chi connectivity index (χ1v) is 6.15. The summed E-state index contributed by atoms with van der Waals surface area (Å²) in [5, 5.41) is 0.959. The number of benzene rings is 1. The predicted molar refractivity (Wildman–Crippen MR) is 82.9 cm³/mol. The summed E-state index contributed by atoms with van der Waals surface area (Å²) in [6.07, 6.45) is 0.701. The van der Waals surface area contributed by atoms with E-state index >= 15 is 0 Å². The molecule has 0 aliphatic carbocycles. The van der Waals surface area contributed by atoms with E-state index in [0.717, 1.165) is 16.8 Å². The Balaban J connectivity index is 0. The Morgan fingerprint density at radius 2 is 1.67 bits per heavy atom. The van der Waals surface area contributed by atoms with Gasteiger partial charge >= 0.3 is 0 Å². The van der Waals surface area contributed by atoms with Crippen molar-refractivity contribution in [3.63, 3.8) is 0 Å². The van der Waals surface area contributed by atoms with Crippen LogP contribution in [0.5, 0.6) is 0 Å². The van der Waals surface area contributed by atoms with Gasteiger partial charge in [0.15, 0.2) is 0 Å². The molecular formula is C12H16Cl2N4O2Zn. The van der Waals surface area contributed by atoms with Gasteiger partial charge in [-0.05, 0) is 24.1 Å². The average molecular weight is 385 g/mol. The average Bonchev–Trinajstić information content (AvgIpc) is 2.32. The van der Waals surface area contributed by atoms with E-state index in [1.54, 1.807) is 12.1 Å². The molecule has 0 fully saturated rings. The molecule has 0 amide bonds. The largest absolute Gasteiger partial charge is 0.412 e. The number of nitrogens with two attached hydrogens (primary N) is 2. The molecule has 0 saturated carbocycles. The number of rotatable bonds is 2. The van der Waals surface area contributed by atoms with E-state index in [1.807, 2.05) is 13.0 Å². The Morgan fingerprint density at radius 1 is 1.05 bits per heavy atom. The van der Waals surface area contributed by atoms with Gasteiger partial charge in [0.25, 0.3) is 0 Å². The number of halogens is 2. The number of hydrogen-bond donors (Lipinski definition) is 2. The maximum Gasteiger partial charge on any atom is 0.222 e. The van der Waals surface area contributed by atoms with Crippen molar-refractivity contribution < 1.29 is 30.4 Å². The zero-order valence-electron chi connectivity index (χ0n) is 11.5. The van der Waals surface area contributed by atoms with Crippen LogP contribution in [0, 0.1) is 0 Å². The first-order chi connectivity index (χ1) is 8.52. The van der Waals surface area contributed by atoms with Crippen LogP contribution in [0.1, 0.15) is 12.6 Å². The maximum absolute atomic E-state index is 6.00. The molecule has 0 bridgehead atoms. The molecule has 2 rings (SSSR count). The van der Waals surface area contributed by atoms with E-state index < -0.39 is 0 Å². The summed E-state index contributed by atoms with van der Waals surface area (Å²) in [7, 11) is 0. The first kappa shape index (κ1) is 22.3. The fourth-order valence-corrected chi connectivity index (χ4v) is 2.07. The number of anilines is 2. The van der Waals surface area contributed by atoms with Crippen LogP contribution in [0.25, 0.3) is 11.1 Å². The van der Waals surface area contributed by atoms with Crippen LogP contribution in [0.3, 0.4) is 0 Å². The fraction of sp³-hybridized carbons (Fsp3) is 0.167. The molecule has 1 heterocycles. The van der Waals surface area contributed by atoms with Crippen LogP contribution in [-0.4, -0.2) is 20.9 Å². The topological polar surface area (TPSA) is 141 Å². The molecule has 0 spiro atoms. The Kier molecular flexibility index (Phi) is 9.69. The Labute approximate surface area is 145 Å². The molecule has 9 heteroatoms. The summed E-state index contributed by atoms with van der Waals surface area (Å²) in [6, 6.07) is 5.29. The van der Waals surface area contributed by atoms with Gasteiger partial charge in [-0.25, -0.2) is 4.98 Å². The van der Waals surface area contributed by atoms with Crippen LogP contribution in [0.2, 0.25) is 10.0 Å². The van der Waals surface area contributed by atoms with Crippen LogP contribution in [0.15, 0.2) is 18.2 Å². The second kappa shape index (κ2) is 9.12. The molecular weight excluding hydrogens is 368 g/mol. The van der Waals surface area contributed by atoms with Crippen molar-refractivity contribution in [2.75, 3.05) is 11.5 Å². The minimum atomic E-state index is 0. The van der Waals surface area contributed by atoms with Gasteiger partial charge in [0.1, 0.15) is 5.82 Å². The van der Waals surface area contributed by atoms with E-state index in [9.17, 15) is 0 Å². The number of aryl methyl sites for hydroxylation is 1. The molecule has 6 nitrogen and oxygen atoms in total. The van der Waals surface area contributed by atoms with Gasteiger partial charge in [-0.3, -0.25) is 0 Å². The molecule has 0 radical (unpaired) electrons. The van der Waals surface area contributed by atoms with Crippen LogP contribution in [-0.2, 0) is 25.9 Å². The van der Waals surface area contributed by atoms with Crippen molar-refractivity contribution in [1.82, 2.24) is 9.97 Å². The summed E-state index contributed by atoms with van der Waals surface area (Å²) in [5.74, 6) is 0.519.